The summed E-state index contributed by atoms with van der Waals surface area (Å²) in [5.41, 5.74) is 6.02. The van der Waals surface area contributed by atoms with Crippen molar-refractivity contribution < 1.29 is 14.3 Å². The smallest absolute Gasteiger partial charge is 0.234 e. The van der Waals surface area contributed by atoms with Crippen LogP contribution in [-0.2, 0) is 15.0 Å². The lowest BCUT2D eigenvalue weighted by atomic mass is 9.85. The van der Waals surface area contributed by atoms with Crippen LogP contribution in [0.2, 0.25) is 0 Å². The number of nitrogens with zero attached hydrogens (tertiary/aromatic N) is 1. The van der Waals surface area contributed by atoms with Gasteiger partial charge in [-0.05, 0) is 55.7 Å². The molecule has 0 saturated carbocycles. The Morgan fingerprint density at radius 3 is 2.80 bits per heavy atom. The number of fused-ring (bicyclic) bond motifs is 2. The molecule has 1 fully saturated rings. The number of ether oxygens (including phenoxy) is 1. The third-order valence-corrected chi connectivity index (χ3v) is 7.08. The third kappa shape index (κ3) is 3.04. The Morgan fingerprint density at radius 2 is 2.03 bits per heavy atom. The number of hydrogen-bond acceptors (Lipinski definition) is 5. The molecular weight excluding hydrogens is 398 g/mol. The zero-order valence-corrected chi connectivity index (χ0v) is 17.9. The Hall–Kier alpha value is -2.93. The molecule has 2 unspecified atom stereocenters. The summed E-state index contributed by atoms with van der Waals surface area (Å²) in [6.45, 7) is 6.53. The van der Waals surface area contributed by atoms with Gasteiger partial charge in [0.05, 0.1) is 21.1 Å². The molecule has 0 spiro atoms. The average molecular weight is 422 g/mol. The summed E-state index contributed by atoms with van der Waals surface area (Å²) in [5.74, 6) is 1.03. The maximum absolute atomic E-state index is 12.3. The maximum atomic E-state index is 12.3. The van der Waals surface area contributed by atoms with E-state index in [2.05, 4.69) is 15.6 Å². The van der Waals surface area contributed by atoms with Crippen LogP contribution in [0, 0.1) is 5.92 Å². The van der Waals surface area contributed by atoms with Gasteiger partial charge in [-0.2, -0.15) is 0 Å². The molecular formula is C23H23N3O3S. The normalized spacial score (nSPS) is 20.7. The number of carbonyl (C=O) groups is 2. The first-order chi connectivity index (χ1) is 14.3. The molecule has 2 N–H and O–H groups in total. The summed E-state index contributed by atoms with van der Waals surface area (Å²) in [6, 6.07) is 10.2. The van der Waals surface area contributed by atoms with Crippen molar-refractivity contribution in [2.45, 2.75) is 38.7 Å². The minimum absolute atomic E-state index is 0.0159. The number of nitrogens with one attached hydrogen (secondary N) is 2. The Morgan fingerprint density at radius 1 is 1.20 bits per heavy atom. The molecule has 3 heterocycles. The van der Waals surface area contributed by atoms with Gasteiger partial charge in [-0.1, -0.05) is 12.1 Å². The van der Waals surface area contributed by atoms with Crippen molar-refractivity contribution in [1.82, 2.24) is 10.3 Å². The molecule has 2 atom stereocenters. The first-order valence-electron chi connectivity index (χ1n) is 10.1. The average Bonchev–Trinajstić information content (AvgIpc) is 3.40. The zero-order chi connectivity index (χ0) is 21.0. The van der Waals surface area contributed by atoms with Gasteiger partial charge in [-0.3, -0.25) is 9.59 Å². The number of amides is 2. The van der Waals surface area contributed by atoms with Gasteiger partial charge < -0.3 is 15.4 Å². The second kappa shape index (κ2) is 6.80. The second-order valence-electron chi connectivity index (χ2n) is 8.61. The Labute approximate surface area is 178 Å². The number of carbonyl (C=O) groups excluding carboxylic acids is 2. The molecule has 2 aromatic carbocycles. The van der Waals surface area contributed by atoms with Crippen LogP contribution in [0.1, 0.15) is 32.8 Å². The predicted octanol–water partition coefficient (Wildman–Crippen LogP) is 4.10. The Balaban J connectivity index is 1.51. The first kappa shape index (κ1) is 19.1. The van der Waals surface area contributed by atoms with Crippen LogP contribution in [0.5, 0.6) is 5.75 Å². The fourth-order valence-corrected chi connectivity index (χ4v) is 4.95. The van der Waals surface area contributed by atoms with Crippen molar-refractivity contribution in [3.63, 3.8) is 0 Å². The molecule has 2 aliphatic rings. The van der Waals surface area contributed by atoms with E-state index in [9.17, 15) is 9.59 Å². The van der Waals surface area contributed by atoms with E-state index in [4.69, 9.17) is 4.74 Å². The minimum atomic E-state index is -0.525. The van der Waals surface area contributed by atoms with Crippen molar-refractivity contribution in [3.05, 3.63) is 41.4 Å². The predicted molar refractivity (Wildman–Crippen MR) is 118 cm³/mol. The van der Waals surface area contributed by atoms with Crippen LogP contribution in [0.25, 0.3) is 21.3 Å². The molecule has 154 valence electrons. The molecule has 7 heteroatoms. The third-order valence-electron chi connectivity index (χ3n) is 6.23. The number of thiazole rings is 1. The number of benzene rings is 2. The highest BCUT2D eigenvalue weighted by Gasteiger charge is 2.38. The van der Waals surface area contributed by atoms with Gasteiger partial charge in [0.25, 0.3) is 0 Å². The van der Waals surface area contributed by atoms with Crippen LogP contribution in [0.3, 0.4) is 0 Å². The van der Waals surface area contributed by atoms with Crippen LogP contribution < -0.4 is 15.4 Å². The molecule has 0 aliphatic carbocycles. The van der Waals surface area contributed by atoms with Gasteiger partial charge in [0.2, 0.25) is 11.8 Å². The van der Waals surface area contributed by atoms with E-state index in [-0.39, 0.29) is 23.8 Å². The fourth-order valence-electron chi connectivity index (χ4n) is 4.22. The quantitative estimate of drug-likeness (QED) is 0.665. The lowest BCUT2D eigenvalue weighted by Gasteiger charge is -2.20. The highest BCUT2D eigenvalue weighted by atomic mass is 32.1. The van der Waals surface area contributed by atoms with E-state index in [1.54, 1.807) is 11.3 Å². The molecule has 30 heavy (non-hydrogen) atoms. The van der Waals surface area contributed by atoms with Crippen molar-refractivity contribution >= 4 is 39.1 Å². The standard InChI is InChI=1S/C23H23N3O3S/c1-12(15-9-20(27)24-10-15)29-19-8-14(7-18-21(19)30-11-25-18)13-4-5-16-17(6-13)26-22(28)23(16,2)3/h4-8,11-12,15H,9-10H2,1-3H3,(H,24,27)(H,26,28). The van der Waals surface area contributed by atoms with Gasteiger partial charge in [0.15, 0.2) is 0 Å². The molecule has 0 bridgehead atoms. The summed E-state index contributed by atoms with van der Waals surface area (Å²) in [6.07, 6.45) is 0.400. The number of anilines is 1. The summed E-state index contributed by atoms with van der Waals surface area (Å²) in [4.78, 5) is 28.4. The zero-order valence-electron chi connectivity index (χ0n) is 17.1. The maximum Gasteiger partial charge on any atom is 0.234 e. The van der Waals surface area contributed by atoms with Gasteiger partial charge in [0, 0.05) is 24.6 Å². The fraction of sp³-hybridized carbons (Fsp3) is 0.348. The highest BCUT2D eigenvalue weighted by molar-refractivity contribution is 7.17. The summed E-state index contributed by atoms with van der Waals surface area (Å²) < 4.78 is 7.33. The van der Waals surface area contributed by atoms with E-state index in [0.717, 1.165) is 38.3 Å². The number of hydrogen-bond donors (Lipinski definition) is 2. The van der Waals surface area contributed by atoms with Crippen LogP contribution in [0.4, 0.5) is 5.69 Å². The van der Waals surface area contributed by atoms with E-state index in [0.29, 0.717) is 13.0 Å². The van der Waals surface area contributed by atoms with E-state index >= 15 is 0 Å². The van der Waals surface area contributed by atoms with Gasteiger partial charge in [-0.15, -0.1) is 11.3 Å². The summed E-state index contributed by atoms with van der Waals surface area (Å²) in [5, 5.41) is 5.87. The molecule has 1 aromatic heterocycles. The van der Waals surface area contributed by atoms with Crippen molar-refractivity contribution in [1.29, 1.82) is 0 Å². The second-order valence-corrected chi connectivity index (χ2v) is 9.46. The Kier molecular flexibility index (Phi) is 4.32. The van der Waals surface area contributed by atoms with Crippen molar-refractivity contribution in [2.24, 2.45) is 5.92 Å². The van der Waals surface area contributed by atoms with E-state index in [1.165, 1.54) is 0 Å². The van der Waals surface area contributed by atoms with Crippen LogP contribution in [-0.4, -0.2) is 29.4 Å². The largest absolute Gasteiger partial charge is 0.489 e. The molecule has 5 rings (SSSR count). The summed E-state index contributed by atoms with van der Waals surface area (Å²) >= 11 is 1.55. The summed E-state index contributed by atoms with van der Waals surface area (Å²) in [7, 11) is 0. The topological polar surface area (TPSA) is 80.3 Å². The molecule has 1 saturated heterocycles. The molecule has 6 nitrogen and oxygen atoms in total. The highest BCUT2D eigenvalue weighted by Crippen LogP contribution is 2.41. The molecule has 3 aromatic rings. The van der Waals surface area contributed by atoms with Gasteiger partial charge >= 0.3 is 0 Å². The minimum Gasteiger partial charge on any atom is -0.489 e. The van der Waals surface area contributed by atoms with Gasteiger partial charge in [0.1, 0.15) is 11.9 Å². The first-order valence-corrected chi connectivity index (χ1v) is 11.0. The SMILES string of the molecule is CC(Oc1cc(-c2ccc3c(c2)NC(=O)C3(C)C)cc2ncsc12)C1CNC(=O)C1. The number of aromatic nitrogens is 1. The van der Waals surface area contributed by atoms with E-state index in [1.807, 2.05) is 56.6 Å². The Bertz CT molecular complexity index is 1180. The lowest BCUT2D eigenvalue weighted by molar-refractivity contribution is -0.120. The monoisotopic (exact) mass is 421 g/mol. The van der Waals surface area contributed by atoms with E-state index < -0.39 is 5.41 Å². The van der Waals surface area contributed by atoms with Crippen molar-refractivity contribution in [2.75, 3.05) is 11.9 Å². The van der Waals surface area contributed by atoms with Crippen LogP contribution >= 0.6 is 11.3 Å². The molecule has 2 aliphatic heterocycles. The molecule has 0 radical (unpaired) electrons. The van der Waals surface area contributed by atoms with Gasteiger partial charge in [-0.25, -0.2) is 4.98 Å². The van der Waals surface area contributed by atoms with Crippen molar-refractivity contribution in [3.8, 4) is 16.9 Å². The van der Waals surface area contributed by atoms with Crippen LogP contribution in [0.15, 0.2) is 35.8 Å². The number of rotatable bonds is 4. The lowest BCUT2D eigenvalue weighted by Crippen LogP contribution is -2.26. The molecule has 2 amide bonds.